The summed E-state index contributed by atoms with van der Waals surface area (Å²) >= 11 is 0. The summed E-state index contributed by atoms with van der Waals surface area (Å²) in [7, 11) is 3.69. The van der Waals surface area contributed by atoms with Crippen molar-refractivity contribution in [2.24, 2.45) is 13.0 Å². The first-order valence-corrected chi connectivity index (χ1v) is 11.5. The van der Waals surface area contributed by atoms with Gasteiger partial charge in [-0.2, -0.15) is 5.10 Å². The van der Waals surface area contributed by atoms with E-state index in [2.05, 4.69) is 22.2 Å². The highest BCUT2D eigenvalue weighted by Crippen LogP contribution is 2.28. The van der Waals surface area contributed by atoms with E-state index < -0.39 is 0 Å². The molecule has 3 heterocycles. The molecule has 0 bridgehead atoms. The average molecular weight is 446 g/mol. The van der Waals surface area contributed by atoms with E-state index in [9.17, 15) is 9.59 Å². The monoisotopic (exact) mass is 445 g/mol. The molecule has 4 rings (SSSR count). The number of carbonyl (C=O) groups is 2. The quantitative estimate of drug-likeness (QED) is 0.583. The van der Waals surface area contributed by atoms with Gasteiger partial charge in [0.25, 0.3) is 11.8 Å². The minimum atomic E-state index is -0.0685. The van der Waals surface area contributed by atoms with E-state index in [1.165, 1.54) is 5.56 Å². The number of aromatic nitrogens is 3. The number of likely N-dealkylation sites (N-methyl/N-ethyl adjacent to an activating group) is 1. The molecule has 0 N–H and O–H groups in total. The highest BCUT2D eigenvalue weighted by molar-refractivity contribution is 5.95. The molecule has 0 radical (unpaired) electrons. The molecule has 1 atom stereocenters. The fraction of sp³-hybridized carbons (Fsp3) is 0.385. The van der Waals surface area contributed by atoms with E-state index in [4.69, 9.17) is 0 Å². The summed E-state index contributed by atoms with van der Waals surface area (Å²) in [6.07, 6.45) is 5.97. The van der Waals surface area contributed by atoms with Crippen LogP contribution in [0.5, 0.6) is 0 Å². The Balaban J connectivity index is 1.49. The van der Waals surface area contributed by atoms with Gasteiger partial charge < -0.3 is 9.80 Å². The van der Waals surface area contributed by atoms with Crippen LogP contribution >= 0.6 is 0 Å². The van der Waals surface area contributed by atoms with Crippen LogP contribution in [0.3, 0.4) is 0 Å². The fourth-order valence-corrected chi connectivity index (χ4v) is 4.70. The summed E-state index contributed by atoms with van der Waals surface area (Å²) in [5, 5.41) is 4.31. The highest BCUT2D eigenvalue weighted by Gasteiger charge is 2.34. The second-order valence-corrected chi connectivity index (χ2v) is 8.81. The van der Waals surface area contributed by atoms with Gasteiger partial charge in [-0.05, 0) is 55.9 Å². The summed E-state index contributed by atoms with van der Waals surface area (Å²) in [5.74, 6) is 0.263. The van der Waals surface area contributed by atoms with Crippen LogP contribution in [0.2, 0.25) is 0 Å². The van der Waals surface area contributed by atoms with Gasteiger partial charge in [-0.25, -0.2) is 0 Å². The maximum atomic E-state index is 13.2. The van der Waals surface area contributed by atoms with Crippen molar-refractivity contribution in [3.63, 3.8) is 0 Å². The molecule has 2 aromatic heterocycles. The largest absolute Gasteiger partial charge is 0.339 e. The lowest BCUT2D eigenvalue weighted by molar-refractivity contribution is 0.0518. The van der Waals surface area contributed by atoms with E-state index in [0.29, 0.717) is 30.3 Å². The van der Waals surface area contributed by atoms with Crippen LogP contribution in [0.25, 0.3) is 0 Å². The molecular formula is C26H31N5O2. The average Bonchev–Trinajstić information content (AvgIpc) is 3.28. The molecule has 1 aliphatic rings. The van der Waals surface area contributed by atoms with E-state index in [1.807, 2.05) is 55.1 Å². The summed E-state index contributed by atoms with van der Waals surface area (Å²) in [5.41, 5.74) is 3.08. The number of carbonyl (C=O) groups excluding carboxylic acids is 2. The maximum Gasteiger partial charge on any atom is 0.274 e. The van der Waals surface area contributed by atoms with Gasteiger partial charge in [0.2, 0.25) is 0 Å². The Morgan fingerprint density at radius 2 is 1.82 bits per heavy atom. The van der Waals surface area contributed by atoms with Crippen molar-refractivity contribution < 1.29 is 9.59 Å². The molecule has 1 aliphatic heterocycles. The maximum absolute atomic E-state index is 13.2. The lowest BCUT2D eigenvalue weighted by Gasteiger charge is -2.40. The number of amides is 2. The van der Waals surface area contributed by atoms with E-state index >= 15 is 0 Å². The molecule has 7 nitrogen and oxygen atoms in total. The van der Waals surface area contributed by atoms with Gasteiger partial charge >= 0.3 is 0 Å². The van der Waals surface area contributed by atoms with Crippen molar-refractivity contribution in [2.75, 3.05) is 20.1 Å². The SMILES string of the molecule is Cc1ncccc1C(=O)N1CCC(C(Cc2ccccc2)N(C)C(=O)c2ccn(C)n2)CC1. The zero-order valence-corrected chi connectivity index (χ0v) is 19.5. The summed E-state index contributed by atoms with van der Waals surface area (Å²) in [4.78, 5) is 34.3. The first-order chi connectivity index (χ1) is 15.9. The molecular weight excluding hydrogens is 414 g/mol. The lowest BCUT2D eigenvalue weighted by Crippen LogP contribution is -2.48. The van der Waals surface area contributed by atoms with Crippen molar-refractivity contribution in [1.29, 1.82) is 0 Å². The van der Waals surface area contributed by atoms with Crippen LogP contribution in [-0.2, 0) is 13.5 Å². The Hall–Kier alpha value is -3.48. The first kappa shape index (κ1) is 22.7. The number of rotatable bonds is 6. The van der Waals surface area contributed by atoms with Gasteiger partial charge in [0.15, 0.2) is 0 Å². The van der Waals surface area contributed by atoms with Crippen LogP contribution in [0.1, 0.15) is 44.9 Å². The topological polar surface area (TPSA) is 71.3 Å². The van der Waals surface area contributed by atoms with Crippen LogP contribution < -0.4 is 0 Å². The van der Waals surface area contributed by atoms with Crippen LogP contribution in [0, 0.1) is 12.8 Å². The minimum absolute atomic E-state index is 0.0271. The number of nitrogens with zero attached hydrogens (tertiary/aromatic N) is 5. The molecule has 7 heteroatoms. The molecule has 33 heavy (non-hydrogen) atoms. The van der Waals surface area contributed by atoms with Gasteiger partial charge in [0.05, 0.1) is 5.56 Å². The zero-order chi connectivity index (χ0) is 23.4. The van der Waals surface area contributed by atoms with Crippen molar-refractivity contribution in [2.45, 2.75) is 32.2 Å². The second kappa shape index (κ2) is 9.98. The van der Waals surface area contributed by atoms with Gasteiger partial charge in [0.1, 0.15) is 5.69 Å². The minimum Gasteiger partial charge on any atom is -0.339 e. The van der Waals surface area contributed by atoms with Crippen molar-refractivity contribution in [3.8, 4) is 0 Å². The smallest absolute Gasteiger partial charge is 0.274 e. The Kier molecular flexibility index (Phi) is 6.87. The number of hydrogen-bond donors (Lipinski definition) is 0. The molecule has 0 spiro atoms. The molecule has 2 amide bonds. The molecule has 172 valence electrons. The van der Waals surface area contributed by atoms with Gasteiger partial charge in [-0.3, -0.25) is 19.3 Å². The zero-order valence-electron chi connectivity index (χ0n) is 19.5. The van der Waals surface area contributed by atoms with Crippen molar-refractivity contribution >= 4 is 11.8 Å². The van der Waals surface area contributed by atoms with Crippen molar-refractivity contribution in [3.05, 3.63) is 83.4 Å². The predicted molar refractivity (Wildman–Crippen MR) is 127 cm³/mol. The third-order valence-electron chi connectivity index (χ3n) is 6.65. The summed E-state index contributed by atoms with van der Waals surface area (Å²) in [6.45, 7) is 3.22. The molecule has 1 saturated heterocycles. The predicted octanol–water partition coefficient (Wildman–Crippen LogP) is 3.36. The van der Waals surface area contributed by atoms with Crippen LogP contribution in [-0.4, -0.2) is 62.6 Å². The Morgan fingerprint density at radius 3 is 2.45 bits per heavy atom. The number of benzene rings is 1. The summed E-state index contributed by atoms with van der Waals surface area (Å²) < 4.78 is 1.65. The Bertz CT molecular complexity index is 1100. The molecule has 1 unspecified atom stereocenters. The van der Waals surface area contributed by atoms with E-state index in [0.717, 1.165) is 25.0 Å². The standard InChI is InChI=1S/C26H31N5O2/c1-19-22(10-7-14-27-19)25(32)31-16-11-21(12-17-31)24(18-20-8-5-4-6-9-20)30(3)26(33)23-13-15-29(2)28-23/h4-10,13-15,21,24H,11-12,16-18H2,1-3H3. The van der Waals surface area contributed by atoms with E-state index in [-0.39, 0.29) is 17.9 Å². The normalized spacial score (nSPS) is 15.3. The number of piperidine rings is 1. The fourth-order valence-electron chi connectivity index (χ4n) is 4.70. The van der Waals surface area contributed by atoms with E-state index in [1.54, 1.807) is 29.2 Å². The number of aryl methyl sites for hydroxylation is 2. The molecule has 0 saturated carbocycles. The molecule has 0 aliphatic carbocycles. The van der Waals surface area contributed by atoms with Crippen LogP contribution in [0.15, 0.2) is 60.9 Å². The summed E-state index contributed by atoms with van der Waals surface area (Å²) in [6, 6.07) is 15.7. The molecule has 1 aromatic carbocycles. The molecule has 1 fully saturated rings. The number of hydrogen-bond acceptors (Lipinski definition) is 4. The van der Waals surface area contributed by atoms with Gasteiger partial charge in [-0.1, -0.05) is 30.3 Å². The lowest BCUT2D eigenvalue weighted by atomic mass is 9.84. The van der Waals surface area contributed by atoms with Crippen LogP contribution in [0.4, 0.5) is 0 Å². The number of likely N-dealkylation sites (tertiary alicyclic amines) is 1. The Labute approximate surface area is 195 Å². The highest BCUT2D eigenvalue weighted by atomic mass is 16.2. The van der Waals surface area contributed by atoms with Gasteiger partial charge in [-0.15, -0.1) is 0 Å². The first-order valence-electron chi connectivity index (χ1n) is 11.5. The third kappa shape index (κ3) is 5.13. The Morgan fingerprint density at radius 1 is 1.09 bits per heavy atom. The van der Waals surface area contributed by atoms with Crippen molar-refractivity contribution in [1.82, 2.24) is 24.6 Å². The second-order valence-electron chi connectivity index (χ2n) is 8.81. The van der Waals surface area contributed by atoms with Gasteiger partial charge in [0, 0.05) is 51.3 Å². The molecule has 3 aromatic rings. The number of pyridine rings is 1. The third-order valence-corrected chi connectivity index (χ3v) is 6.65.